The molecule has 0 aliphatic heterocycles. The van der Waals surface area contributed by atoms with Crippen LogP contribution in [-0.2, 0) is 4.79 Å². The Labute approximate surface area is 120 Å². The summed E-state index contributed by atoms with van der Waals surface area (Å²) in [6.07, 6.45) is 3.72. The molecule has 0 saturated heterocycles. The highest BCUT2D eigenvalue weighted by Crippen LogP contribution is 2.24. The van der Waals surface area contributed by atoms with Gasteiger partial charge in [0.25, 0.3) is 0 Å². The summed E-state index contributed by atoms with van der Waals surface area (Å²) in [5.41, 5.74) is 6.45. The van der Waals surface area contributed by atoms with E-state index in [9.17, 15) is 9.59 Å². The fourth-order valence-electron chi connectivity index (χ4n) is 2.33. The molecular formula is C16H24N2O2. The maximum Gasteiger partial charge on any atom is 0.238 e. The van der Waals surface area contributed by atoms with Crippen molar-refractivity contribution in [1.29, 1.82) is 0 Å². The molecule has 0 heterocycles. The van der Waals surface area contributed by atoms with E-state index < -0.39 is 0 Å². The molecule has 1 aromatic carbocycles. The van der Waals surface area contributed by atoms with Gasteiger partial charge in [-0.25, -0.2) is 0 Å². The van der Waals surface area contributed by atoms with Crippen LogP contribution in [0.4, 0.5) is 5.69 Å². The van der Waals surface area contributed by atoms with E-state index in [-0.39, 0.29) is 24.2 Å². The van der Waals surface area contributed by atoms with Crippen LogP contribution in [0.5, 0.6) is 0 Å². The van der Waals surface area contributed by atoms with Gasteiger partial charge in [-0.15, -0.1) is 0 Å². The number of hydrogen-bond acceptors (Lipinski definition) is 3. The number of nitrogens with two attached hydrogens (primary N) is 1. The van der Waals surface area contributed by atoms with Crippen molar-refractivity contribution in [2.45, 2.75) is 39.5 Å². The molecule has 0 aliphatic rings. The van der Waals surface area contributed by atoms with E-state index in [0.29, 0.717) is 11.3 Å². The quantitative estimate of drug-likeness (QED) is 0.717. The van der Waals surface area contributed by atoms with Crippen molar-refractivity contribution >= 4 is 17.4 Å². The Bertz CT molecular complexity index is 452. The van der Waals surface area contributed by atoms with Crippen LogP contribution in [0, 0.1) is 5.92 Å². The van der Waals surface area contributed by atoms with Crippen molar-refractivity contribution in [1.82, 2.24) is 0 Å². The van der Waals surface area contributed by atoms with E-state index in [1.165, 1.54) is 0 Å². The van der Waals surface area contributed by atoms with Gasteiger partial charge in [-0.2, -0.15) is 0 Å². The molecule has 20 heavy (non-hydrogen) atoms. The third-order valence-electron chi connectivity index (χ3n) is 3.30. The van der Waals surface area contributed by atoms with E-state index in [4.69, 9.17) is 5.73 Å². The highest BCUT2D eigenvalue weighted by Gasteiger charge is 2.21. The van der Waals surface area contributed by atoms with Gasteiger partial charge >= 0.3 is 0 Å². The summed E-state index contributed by atoms with van der Waals surface area (Å²) in [5, 5.41) is 2.70. The van der Waals surface area contributed by atoms with Crippen molar-refractivity contribution in [3.63, 3.8) is 0 Å². The van der Waals surface area contributed by atoms with Crippen molar-refractivity contribution in [2.24, 2.45) is 11.7 Å². The molecular weight excluding hydrogens is 252 g/mol. The van der Waals surface area contributed by atoms with Gasteiger partial charge in [-0.1, -0.05) is 38.8 Å². The van der Waals surface area contributed by atoms with Crippen molar-refractivity contribution in [3.8, 4) is 0 Å². The number of anilines is 1. The largest absolute Gasteiger partial charge is 0.324 e. The first-order valence-electron chi connectivity index (χ1n) is 7.27. The monoisotopic (exact) mass is 276 g/mol. The molecule has 0 bridgehead atoms. The van der Waals surface area contributed by atoms with Gasteiger partial charge < -0.3 is 11.1 Å². The van der Waals surface area contributed by atoms with Gasteiger partial charge in [0.05, 0.1) is 12.2 Å². The summed E-state index contributed by atoms with van der Waals surface area (Å²) in [6, 6.07) is 7.14. The van der Waals surface area contributed by atoms with E-state index in [2.05, 4.69) is 19.2 Å². The van der Waals surface area contributed by atoms with Crippen molar-refractivity contribution in [2.75, 3.05) is 11.9 Å². The maximum absolute atomic E-state index is 12.6. The third kappa shape index (κ3) is 4.46. The van der Waals surface area contributed by atoms with Crippen LogP contribution in [0.2, 0.25) is 0 Å². The molecule has 1 amide bonds. The average Bonchev–Trinajstić information content (AvgIpc) is 2.46. The van der Waals surface area contributed by atoms with Gasteiger partial charge in [0.15, 0.2) is 5.78 Å². The number of hydrogen-bond donors (Lipinski definition) is 2. The molecule has 1 aromatic rings. The van der Waals surface area contributed by atoms with Gasteiger partial charge in [0, 0.05) is 11.5 Å². The highest BCUT2D eigenvalue weighted by molar-refractivity contribution is 6.06. The first-order chi connectivity index (χ1) is 9.63. The number of rotatable bonds is 8. The molecule has 110 valence electrons. The lowest BCUT2D eigenvalue weighted by Crippen LogP contribution is -2.24. The number of carbonyl (C=O) groups excluding carboxylic acids is 2. The smallest absolute Gasteiger partial charge is 0.238 e. The second kappa shape index (κ2) is 8.48. The van der Waals surface area contributed by atoms with Gasteiger partial charge in [0.1, 0.15) is 0 Å². The molecule has 0 radical (unpaired) electrons. The number of carbonyl (C=O) groups is 2. The van der Waals surface area contributed by atoms with E-state index in [0.717, 1.165) is 25.7 Å². The van der Waals surface area contributed by atoms with Crippen molar-refractivity contribution < 1.29 is 9.59 Å². The fourth-order valence-corrected chi connectivity index (χ4v) is 2.33. The Morgan fingerprint density at radius 3 is 2.30 bits per heavy atom. The molecule has 3 N–H and O–H groups in total. The first kappa shape index (κ1) is 16.4. The summed E-state index contributed by atoms with van der Waals surface area (Å²) in [7, 11) is 0. The predicted molar refractivity (Wildman–Crippen MR) is 81.8 cm³/mol. The number of nitrogens with one attached hydrogen (secondary N) is 1. The van der Waals surface area contributed by atoms with Crippen LogP contribution in [0.25, 0.3) is 0 Å². The Morgan fingerprint density at radius 2 is 1.75 bits per heavy atom. The lowest BCUT2D eigenvalue weighted by molar-refractivity contribution is -0.114. The molecule has 0 spiro atoms. The minimum atomic E-state index is -0.284. The lowest BCUT2D eigenvalue weighted by atomic mass is 9.89. The van der Waals surface area contributed by atoms with E-state index in [1.54, 1.807) is 18.2 Å². The second-order valence-corrected chi connectivity index (χ2v) is 4.94. The first-order valence-corrected chi connectivity index (χ1v) is 7.27. The average molecular weight is 276 g/mol. The number of Topliss-reactive ketones (excluding diaryl/α,β-unsaturated/α-hetero) is 1. The number of para-hydroxylation sites is 1. The Hall–Kier alpha value is -1.68. The predicted octanol–water partition coefficient (Wildman–Crippen LogP) is 2.98. The van der Waals surface area contributed by atoms with Gasteiger partial charge in [-0.3, -0.25) is 9.59 Å². The molecule has 0 unspecified atom stereocenters. The van der Waals surface area contributed by atoms with Crippen LogP contribution < -0.4 is 11.1 Å². The number of ketones is 1. The lowest BCUT2D eigenvalue weighted by Gasteiger charge is -2.16. The van der Waals surface area contributed by atoms with Crippen molar-refractivity contribution in [3.05, 3.63) is 29.8 Å². The molecule has 4 nitrogen and oxygen atoms in total. The normalized spacial score (nSPS) is 10.6. The van der Waals surface area contributed by atoms with Crippen LogP contribution in [-0.4, -0.2) is 18.2 Å². The zero-order valence-electron chi connectivity index (χ0n) is 12.3. The minimum absolute atomic E-state index is 0.0286. The molecule has 0 aromatic heterocycles. The number of amides is 1. The Balaban J connectivity index is 2.98. The maximum atomic E-state index is 12.6. The van der Waals surface area contributed by atoms with Crippen LogP contribution in [0.1, 0.15) is 49.9 Å². The second-order valence-electron chi connectivity index (χ2n) is 4.94. The Kier molecular flexibility index (Phi) is 6.94. The molecule has 0 aliphatic carbocycles. The molecule has 0 fully saturated rings. The molecule has 0 saturated carbocycles. The SMILES string of the molecule is CCCC(CCC)C(=O)c1ccccc1NC(=O)CN. The standard InChI is InChI=1S/C16H24N2O2/c1-3-7-12(8-4-2)16(20)13-9-5-6-10-14(13)18-15(19)11-17/h5-6,9-10,12H,3-4,7-8,11,17H2,1-2H3,(H,18,19). The zero-order chi connectivity index (χ0) is 15.0. The molecule has 4 heteroatoms. The minimum Gasteiger partial charge on any atom is -0.324 e. The van der Waals surface area contributed by atoms with E-state index in [1.807, 2.05) is 6.07 Å². The summed E-state index contributed by atoms with van der Waals surface area (Å²) in [5.74, 6) is -0.143. The fraction of sp³-hybridized carbons (Fsp3) is 0.500. The topological polar surface area (TPSA) is 72.2 Å². The van der Waals surface area contributed by atoms with Crippen LogP contribution in [0.15, 0.2) is 24.3 Å². The summed E-state index contributed by atoms with van der Waals surface area (Å²) in [6.45, 7) is 4.08. The van der Waals surface area contributed by atoms with E-state index >= 15 is 0 Å². The van der Waals surface area contributed by atoms with Gasteiger partial charge in [0.2, 0.25) is 5.91 Å². The highest BCUT2D eigenvalue weighted by atomic mass is 16.2. The molecule has 1 rings (SSSR count). The van der Waals surface area contributed by atoms with Crippen LogP contribution in [0.3, 0.4) is 0 Å². The zero-order valence-corrected chi connectivity index (χ0v) is 12.3. The number of benzene rings is 1. The summed E-state index contributed by atoms with van der Waals surface area (Å²) < 4.78 is 0. The van der Waals surface area contributed by atoms with Gasteiger partial charge in [-0.05, 0) is 25.0 Å². The van der Waals surface area contributed by atoms with Crippen LogP contribution >= 0.6 is 0 Å². The molecule has 0 atom stereocenters. The third-order valence-corrected chi connectivity index (χ3v) is 3.30. The Morgan fingerprint density at radius 1 is 1.15 bits per heavy atom. The summed E-state index contributed by atoms with van der Waals surface area (Å²) in [4.78, 5) is 24.1. The summed E-state index contributed by atoms with van der Waals surface area (Å²) >= 11 is 0.